The lowest BCUT2D eigenvalue weighted by Crippen LogP contribution is -2.40. The first-order valence-corrected chi connectivity index (χ1v) is 10.5. The Hall–Kier alpha value is -3.45. The molecule has 6 nitrogen and oxygen atoms in total. The standard InChI is InChI=1S/C24H20BrN3O3/c1-15-11-16(2)13-19(12-15)28-23(30)20-5-3-4-6-21(20)27(24(28)31)14-22(29)26-18-9-7-17(25)8-10-18/h3-13H,14H2,1-2H3,(H,26,29). The summed E-state index contributed by atoms with van der Waals surface area (Å²) in [6.07, 6.45) is 0. The highest BCUT2D eigenvalue weighted by molar-refractivity contribution is 9.10. The molecule has 0 fully saturated rings. The SMILES string of the molecule is Cc1cc(C)cc(-n2c(=O)c3ccccc3n(CC(=O)Nc3ccc(Br)cc3)c2=O)c1. The van der Waals surface area contributed by atoms with Crippen molar-refractivity contribution in [2.45, 2.75) is 20.4 Å². The van der Waals surface area contributed by atoms with Crippen LogP contribution < -0.4 is 16.6 Å². The van der Waals surface area contributed by atoms with Crippen molar-refractivity contribution in [2.75, 3.05) is 5.32 Å². The number of nitrogens with zero attached hydrogens (tertiary/aromatic N) is 2. The van der Waals surface area contributed by atoms with Crippen LogP contribution in [0, 0.1) is 13.8 Å². The van der Waals surface area contributed by atoms with Crippen molar-refractivity contribution in [3.05, 3.63) is 103 Å². The fourth-order valence-electron chi connectivity index (χ4n) is 3.66. The number of amides is 1. The predicted molar refractivity (Wildman–Crippen MR) is 126 cm³/mol. The summed E-state index contributed by atoms with van der Waals surface area (Å²) < 4.78 is 3.37. The zero-order valence-corrected chi connectivity index (χ0v) is 18.6. The Morgan fingerprint density at radius 1 is 0.935 bits per heavy atom. The molecule has 1 heterocycles. The molecule has 0 unspecified atom stereocenters. The van der Waals surface area contributed by atoms with E-state index in [0.29, 0.717) is 22.3 Å². The average molecular weight is 478 g/mol. The summed E-state index contributed by atoms with van der Waals surface area (Å²) in [5.41, 5.74) is 2.44. The maximum atomic E-state index is 13.4. The Labute approximate surface area is 186 Å². The molecule has 156 valence electrons. The van der Waals surface area contributed by atoms with Crippen molar-refractivity contribution in [1.82, 2.24) is 9.13 Å². The van der Waals surface area contributed by atoms with E-state index >= 15 is 0 Å². The van der Waals surface area contributed by atoms with Crippen LogP contribution in [0.15, 0.2) is 80.8 Å². The molecule has 4 rings (SSSR count). The second-order valence-corrected chi connectivity index (χ2v) is 8.34. The van der Waals surface area contributed by atoms with Gasteiger partial charge in [0.15, 0.2) is 0 Å². The smallest absolute Gasteiger partial charge is 0.325 e. The Balaban J connectivity index is 1.84. The maximum absolute atomic E-state index is 13.4. The summed E-state index contributed by atoms with van der Waals surface area (Å²) in [5, 5.41) is 3.17. The minimum absolute atomic E-state index is 0.222. The lowest BCUT2D eigenvalue weighted by atomic mass is 10.1. The average Bonchev–Trinajstić information content (AvgIpc) is 2.72. The summed E-state index contributed by atoms with van der Waals surface area (Å²) in [4.78, 5) is 39.3. The number of carbonyl (C=O) groups excluding carboxylic acids is 1. The molecule has 1 N–H and O–H groups in total. The van der Waals surface area contributed by atoms with Crippen LogP contribution in [0.25, 0.3) is 16.6 Å². The van der Waals surface area contributed by atoms with Crippen molar-refractivity contribution in [3.63, 3.8) is 0 Å². The van der Waals surface area contributed by atoms with Gasteiger partial charge in [-0.15, -0.1) is 0 Å². The number of aromatic nitrogens is 2. The van der Waals surface area contributed by atoms with Gasteiger partial charge in [-0.25, -0.2) is 9.36 Å². The lowest BCUT2D eigenvalue weighted by Gasteiger charge is -2.15. The van der Waals surface area contributed by atoms with Crippen LogP contribution in [0.5, 0.6) is 0 Å². The van der Waals surface area contributed by atoms with Crippen LogP contribution in [0.2, 0.25) is 0 Å². The molecule has 0 aliphatic rings. The number of fused-ring (bicyclic) bond motifs is 1. The molecule has 4 aromatic rings. The van der Waals surface area contributed by atoms with Gasteiger partial charge in [0.2, 0.25) is 5.91 Å². The Kier molecular flexibility index (Phi) is 5.61. The molecule has 31 heavy (non-hydrogen) atoms. The van der Waals surface area contributed by atoms with Crippen molar-refractivity contribution in [3.8, 4) is 5.69 Å². The first-order chi connectivity index (χ1) is 14.8. The third-order valence-electron chi connectivity index (χ3n) is 4.94. The first-order valence-electron chi connectivity index (χ1n) is 9.72. The first kappa shape index (κ1) is 20.8. The van der Waals surface area contributed by atoms with Gasteiger partial charge in [-0.05, 0) is 73.5 Å². The molecule has 3 aromatic carbocycles. The van der Waals surface area contributed by atoms with Crippen LogP contribution in [0.1, 0.15) is 11.1 Å². The van der Waals surface area contributed by atoms with E-state index in [2.05, 4.69) is 21.2 Å². The number of aryl methyl sites for hydroxylation is 2. The van der Waals surface area contributed by atoms with Gasteiger partial charge in [0, 0.05) is 10.2 Å². The quantitative estimate of drug-likeness (QED) is 0.479. The molecule has 0 radical (unpaired) electrons. The number of hydrogen-bond acceptors (Lipinski definition) is 3. The molecular weight excluding hydrogens is 458 g/mol. The molecule has 1 amide bonds. The highest BCUT2D eigenvalue weighted by atomic mass is 79.9. The van der Waals surface area contributed by atoms with Gasteiger partial charge < -0.3 is 5.32 Å². The molecule has 0 spiro atoms. The maximum Gasteiger partial charge on any atom is 0.336 e. The summed E-state index contributed by atoms with van der Waals surface area (Å²) in [6, 6.07) is 19.5. The summed E-state index contributed by atoms with van der Waals surface area (Å²) >= 11 is 3.36. The number of benzene rings is 3. The number of rotatable bonds is 4. The van der Waals surface area contributed by atoms with Crippen LogP contribution in [0.3, 0.4) is 0 Å². The van der Waals surface area contributed by atoms with Gasteiger partial charge in [0.25, 0.3) is 5.56 Å². The van der Waals surface area contributed by atoms with E-state index in [1.165, 1.54) is 4.57 Å². The fourth-order valence-corrected chi connectivity index (χ4v) is 3.92. The second-order valence-electron chi connectivity index (χ2n) is 7.43. The van der Waals surface area contributed by atoms with Crippen LogP contribution in [0.4, 0.5) is 5.69 Å². The highest BCUT2D eigenvalue weighted by Crippen LogP contribution is 2.16. The van der Waals surface area contributed by atoms with Gasteiger partial charge in [-0.1, -0.05) is 34.1 Å². The van der Waals surface area contributed by atoms with E-state index in [4.69, 9.17) is 0 Å². The van der Waals surface area contributed by atoms with Crippen molar-refractivity contribution < 1.29 is 4.79 Å². The van der Waals surface area contributed by atoms with E-state index in [1.807, 2.05) is 32.0 Å². The monoisotopic (exact) mass is 477 g/mol. The minimum Gasteiger partial charge on any atom is -0.325 e. The molecule has 0 bridgehead atoms. The Bertz CT molecular complexity index is 1400. The Morgan fingerprint density at radius 3 is 2.26 bits per heavy atom. The molecule has 0 saturated heterocycles. The second kappa shape index (κ2) is 8.35. The number of halogens is 1. The Morgan fingerprint density at radius 2 is 1.58 bits per heavy atom. The molecule has 7 heteroatoms. The third kappa shape index (κ3) is 4.22. The van der Waals surface area contributed by atoms with Gasteiger partial charge in [-0.2, -0.15) is 0 Å². The molecular formula is C24H20BrN3O3. The highest BCUT2D eigenvalue weighted by Gasteiger charge is 2.17. The number of carbonyl (C=O) groups is 1. The van der Waals surface area contributed by atoms with E-state index in [-0.39, 0.29) is 12.5 Å². The molecule has 0 aliphatic carbocycles. The van der Waals surface area contributed by atoms with E-state index in [1.54, 1.807) is 48.5 Å². The van der Waals surface area contributed by atoms with Crippen molar-refractivity contribution in [2.24, 2.45) is 0 Å². The van der Waals surface area contributed by atoms with Gasteiger partial charge in [0.1, 0.15) is 6.54 Å². The topological polar surface area (TPSA) is 73.1 Å². The summed E-state index contributed by atoms with van der Waals surface area (Å²) in [6.45, 7) is 3.60. The number of para-hydroxylation sites is 1. The van der Waals surface area contributed by atoms with E-state index < -0.39 is 11.2 Å². The van der Waals surface area contributed by atoms with Crippen LogP contribution in [-0.2, 0) is 11.3 Å². The molecule has 0 saturated carbocycles. The lowest BCUT2D eigenvalue weighted by molar-refractivity contribution is -0.116. The van der Waals surface area contributed by atoms with Crippen LogP contribution in [-0.4, -0.2) is 15.0 Å². The van der Waals surface area contributed by atoms with Gasteiger partial charge in [0.05, 0.1) is 16.6 Å². The zero-order valence-electron chi connectivity index (χ0n) is 17.1. The van der Waals surface area contributed by atoms with Crippen molar-refractivity contribution in [1.29, 1.82) is 0 Å². The number of anilines is 1. The van der Waals surface area contributed by atoms with E-state index in [9.17, 15) is 14.4 Å². The molecule has 0 aliphatic heterocycles. The number of hydrogen-bond donors (Lipinski definition) is 1. The fraction of sp³-hybridized carbons (Fsp3) is 0.125. The minimum atomic E-state index is -0.556. The molecule has 0 atom stereocenters. The van der Waals surface area contributed by atoms with Crippen molar-refractivity contribution >= 4 is 38.4 Å². The van der Waals surface area contributed by atoms with Gasteiger partial charge in [-0.3, -0.25) is 14.2 Å². The third-order valence-corrected chi connectivity index (χ3v) is 5.47. The van der Waals surface area contributed by atoms with Gasteiger partial charge >= 0.3 is 5.69 Å². The number of nitrogens with one attached hydrogen (secondary N) is 1. The normalized spacial score (nSPS) is 10.9. The summed E-state index contributed by atoms with van der Waals surface area (Å²) in [5.74, 6) is -0.361. The van der Waals surface area contributed by atoms with Crippen LogP contribution >= 0.6 is 15.9 Å². The predicted octanol–water partition coefficient (Wildman–Crippen LogP) is 4.17. The summed E-state index contributed by atoms with van der Waals surface area (Å²) in [7, 11) is 0. The molecule has 1 aromatic heterocycles. The van der Waals surface area contributed by atoms with E-state index in [0.717, 1.165) is 20.2 Å². The zero-order chi connectivity index (χ0) is 22.1. The largest absolute Gasteiger partial charge is 0.336 e.